The molecule has 0 aliphatic heterocycles. The number of ether oxygens (including phenoxy) is 2. The van der Waals surface area contributed by atoms with Gasteiger partial charge in [-0.2, -0.15) is 0 Å². The molecule has 4 nitrogen and oxygen atoms in total. The summed E-state index contributed by atoms with van der Waals surface area (Å²) in [6.07, 6.45) is 4.01. The number of carbonyl (C=O) groups excluding carboxylic acids is 2. The van der Waals surface area contributed by atoms with E-state index in [4.69, 9.17) is 4.74 Å². The summed E-state index contributed by atoms with van der Waals surface area (Å²) in [6, 6.07) is 0. The molecule has 0 heterocycles. The SMILES string of the molecule is CCC(C=O)OC.CCC=O.CCCOC. The van der Waals surface area contributed by atoms with Crippen LogP contribution in [0, 0.1) is 0 Å². The van der Waals surface area contributed by atoms with Gasteiger partial charge in [0.25, 0.3) is 0 Å². The van der Waals surface area contributed by atoms with Gasteiger partial charge in [0.1, 0.15) is 18.7 Å². The van der Waals surface area contributed by atoms with Gasteiger partial charge in [0.05, 0.1) is 0 Å². The average molecular weight is 234 g/mol. The molecule has 0 bridgehead atoms. The van der Waals surface area contributed by atoms with Gasteiger partial charge < -0.3 is 19.1 Å². The lowest BCUT2D eigenvalue weighted by molar-refractivity contribution is -0.116. The smallest absolute Gasteiger partial charge is 0.148 e. The molecule has 0 spiro atoms. The maximum atomic E-state index is 9.84. The molecule has 0 fully saturated rings. The fraction of sp³-hybridized carbons (Fsp3) is 0.833. The van der Waals surface area contributed by atoms with E-state index in [2.05, 4.69) is 11.7 Å². The van der Waals surface area contributed by atoms with Gasteiger partial charge in [0.2, 0.25) is 0 Å². The minimum Gasteiger partial charge on any atom is -0.385 e. The second kappa shape index (κ2) is 23.8. The number of hydrogen-bond donors (Lipinski definition) is 0. The number of aldehydes is 2. The number of rotatable bonds is 6. The van der Waals surface area contributed by atoms with Crippen LogP contribution in [-0.4, -0.2) is 39.5 Å². The van der Waals surface area contributed by atoms with Crippen LogP contribution in [0.1, 0.15) is 40.0 Å². The molecule has 0 aromatic carbocycles. The lowest BCUT2D eigenvalue weighted by atomic mass is 10.3. The summed E-state index contributed by atoms with van der Waals surface area (Å²) < 4.78 is 9.37. The summed E-state index contributed by atoms with van der Waals surface area (Å²) in [4.78, 5) is 19.0. The minimum atomic E-state index is -0.194. The Bertz CT molecular complexity index is 120. The number of hydrogen-bond acceptors (Lipinski definition) is 4. The zero-order chi connectivity index (χ0) is 13.2. The van der Waals surface area contributed by atoms with Crippen LogP contribution in [0.5, 0.6) is 0 Å². The second-order valence-corrected chi connectivity index (χ2v) is 2.89. The van der Waals surface area contributed by atoms with Gasteiger partial charge in [-0.3, -0.25) is 0 Å². The van der Waals surface area contributed by atoms with E-state index in [0.717, 1.165) is 32.0 Å². The highest BCUT2D eigenvalue weighted by molar-refractivity contribution is 5.55. The summed E-state index contributed by atoms with van der Waals surface area (Å²) in [5.41, 5.74) is 0. The van der Waals surface area contributed by atoms with Crippen molar-refractivity contribution in [2.45, 2.75) is 46.1 Å². The lowest BCUT2D eigenvalue weighted by Crippen LogP contribution is -2.08. The molecule has 0 aliphatic rings. The molecule has 0 aromatic rings. The molecule has 0 aliphatic carbocycles. The molecule has 0 N–H and O–H groups in total. The summed E-state index contributed by atoms with van der Waals surface area (Å²) in [5.74, 6) is 0. The third-order valence-electron chi connectivity index (χ3n) is 1.43. The van der Waals surface area contributed by atoms with Gasteiger partial charge in [0.15, 0.2) is 0 Å². The second-order valence-electron chi connectivity index (χ2n) is 2.89. The van der Waals surface area contributed by atoms with Crippen LogP contribution in [0.4, 0.5) is 0 Å². The topological polar surface area (TPSA) is 52.6 Å². The Hall–Kier alpha value is -0.740. The van der Waals surface area contributed by atoms with E-state index in [-0.39, 0.29) is 6.10 Å². The van der Waals surface area contributed by atoms with Crippen LogP contribution in [0.15, 0.2) is 0 Å². The van der Waals surface area contributed by atoms with Crippen molar-refractivity contribution in [2.75, 3.05) is 20.8 Å². The molecule has 1 unspecified atom stereocenters. The zero-order valence-electron chi connectivity index (χ0n) is 11.2. The summed E-state index contributed by atoms with van der Waals surface area (Å²) >= 11 is 0. The fourth-order valence-electron chi connectivity index (χ4n) is 0.523. The highest BCUT2D eigenvalue weighted by Crippen LogP contribution is 1.88. The van der Waals surface area contributed by atoms with Crippen LogP contribution in [-0.2, 0) is 19.1 Å². The predicted octanol–water partition coefficient (Wildman–Crippen LogP) is 2.25. The first-order chi connectivity index (χ1) is 7.67. The molecule has 16 heavy (non-hydrogen) atoms. The van der Waals surface area contributed by atoms with E-state index in [1.807, 2.05) is 13.8 Å². The Labute approximate surface area is 99.3 Å². The highest BCUT2D eigenvalue weighted by Gasteiger charge is 1.96. The van der Waals surface area contributed by atoms with Gasteiger partial charge in [0, 0.05) is 27.2 Å². The van der Waals surface area contributed by atoms with E-state index < -0.39 is 0 Å². The van der Waals surface area contributed by atoms with Crippen molar-refractivity contribution in [3.8, 4) is 0 Å². The third kappa shape index (κ3) is 29.2. The van der Waals surface area contributed by atoms with E-state index in [1.54, 1.807) is 7.11 Å². The van der Waals surface area contributed by atoms with Crippen molar-refractivity contribution in [1.29, 1.82) is 0 Å². The predicted molar refractivity (Wildman–Crippen MR) is 65.7 cm³/mol. The maximum absolute atomic E-state index is 9.84. The van der Waals surface area contributed by atoms with Crippen molar-refractivity contribution in [1.82, 2.24) is 0 Å². The quantitative estimate of drug-likeness (QED) is 0.661. The van der Waals surface area contributed by atoms with Crippen molar-refractivity contribution in [2.24, 2.45) is 0 Å². The Morgan fingerprint density at radius 3 is 1.62 bits per heavy atom. The molecule has 0 saturated heterocycles. The van der Waals surface area contributed by atoms with Crippen molar-refractivity contribution in [3.05, 3.63) is 0 Å². The molecule has 0 radical (unpaired) electrons. The average Bonchev–Trinajstić information content (AvgIpc) is 2.33. The van der Waals surface area contributed by atoms with Crippen molar-refractivity contribution in [3.63, 3.8) is 0 Å². The molecular formula is C12H26O4. The van der Waals surface area contributed by atoms with Gasteiger partial charge in [-0.1, -0.05) is 20.8 Å². The minimum absolute atomic E-state index is 0.194. The van der Waals surface area contributed by atoms with Crippen LogP contribution >= 0.6 is 0 Å². The molecule has 98 valence electrons. The van der Waals surface area contributed by atoms with Gasteiger partial charge in [-0.25, -0.2) is 0 Å². The largest absolute Gasteiger partial charge is 0.385 e. The van der Waals surface area contributed by atoms with E-state index in [9.17, 15) is 9.59 Å². The molecule has 4 heteroatoms. The van der Waals surface area contributed by atoms with Crippen LogP contribution in [0.2, 0.25) is 0 Å². The monoisotopic (exact) mass is 234 g/mol. The Morgan fingerprint density at radius 1 is 1.12 bits per heavy atom. The van der Waals surface area contributed by atoms with E-state index >= 15 is 0 Å². The standard InChI is InChI=1S/C5H10O2.C4H10O.C3H6O/c1-3-5(4-6)7-2;1-3-4-5-2;1-2-3-4/h4-5H,3H2,1-2H3;3-4H2,1-2H3;3H,2H2,1H3. The van der Waals surface area contributed by atoms with Gasteiger partial charge in [-0.15, -0.1) is 0 Å². The molecule has 0 amide bonds. The maximum Gasteiger partial charge on any atom is 0.148 e. The molecular weight excluding hydrogens is 208 g/mol. The first-order valence-electron chi connectivity index (χ1n) is 5.58. The highest BCUT2D eigenvalue weighted by atomic mass is 16.5. The van der Waals surface area contributed by atoms with Crippen molar-refractivity contribution < 1.29 is 19.1 Å². The van der Waals surface area contributed by atoms with Crippen LogP contribution < -0.4 is 0 Å². The number of methoxy groups -OCH3 is 2. The third-order valence-corrected chi connectivity index (χ3v) is 1.43. The first kappa shape index (κ1) is 20.6. The molecule has 0 rings (SSSR count). The van der Waals surface area contributed by atoms with Crippen LogP contribution in [0.25, 0.3) is 0 Å². The molecule has 1 atom stereocenters. The molecule has 0 saturated carbocycles. The van der Waals surface area contributed by atoms with Gasteiger partial charge >= 0.3 is 0 Å². The summed E-state index contributed by atoms with van der Waals surface area (Å²) in [6.45, 7) is 6.69. The summed E-state index contributed by atoms with van der Waals surface area (Å²) in [7, 11) is 3.24. The normalized spacial score (nSPS) is 10.1. The Kier molecular flexibility index (Phi) is 30.7. The lowest BCUT2D eigenvalue weighted by Gasteiger charge is -2.00. The number of carbonyl (C=O) groups is 2. The van der Waals surface area contributed by atoms with Crippen molar-refractivity contribution >= 4 is 12.6 Å². The summed E-state index contributed by atoms with van der Waals surface area (Å²) in [5, 5.41) is 0. The Morgan fingerprint density at radius 2 is 1.62 bits per heavy atom. The fourth-order valence-corrected chi connectivity index (χ4v) is 0.523. The van der Waals surface area contributed by atoms with Gasteiger partial charge in [-0.05, 0) is 12.8 Å². The molecule has 0 aromatic heterocycles. The first-order valence-corrected chi connectivity index (χ1v) is 5.58. The van der Waals surface area contributed by atoms with E-state index in [1.165, 1.54) is 7.11 Å². The zero-order valence-corrected chi connectivity index (χ0v) is 11.2. The van der Waals surface area contributed by atoms with Crippen LogP contribution in [0.3, 0.4) is 0 Å². The Balaban J connectivity index is -0.000000166. The van der Waals surface area contributed by atoms with E-state index in [0.29, 0.717) is 6.42 Å².